The molecule has 0 saturated heterocycles. The van der Waals surface area contributed by atoms with Gasteiger partial charge in [-0.25, -0.2) is 8.42 Å². The van der Waals surface area contributed by atoms with Crippen LogP contribution in [0.1, 0.15) is 24.5 Å². The molecule has 0 aliphatic carbocycles. The van der Waals surface area contributed by atoms with Crippen LogP contribution in [0.25, 0.3) is 0 Å². The predicted molar refractivity (Wildman–Crippen MR) is 72.7 cm³/mol. The molecule has 0 heterocycles. The second kappa shape index (κ2) is 7.24. The average molecular weight is 282 g/mol. The second-order valence-electron chi connectivity index (χ2n) is 4.15. The fourth-order valence-corrected chi connectivity index (χ4v) is 3.44. The summed E-state index contributed by atoms with van der Waals surface area (Å²) in [5, 5.41) is 17.9. The van der Waals surface area contributed by atoms with Crippen LogP contribution in [0.2, 0.25) is 0 Å². The third-order valence-corrected chi connectivity index (χ3v) is 4.52. The van der Waals surface area contributed by atoms with Crippen LogP contribution in [-0.2, 0) is 15.8 Å². The van der Waals surface area contributed by atoms with E-state index < -0.39 is 10.0 Å². The minimum absolute atomic E-state index is 0.0882. The van der Waals surface area contributed by atoms with Crippen molar-refractivity contribution in [2.45, 2.75) is 19.1 Å². The lowest BCUT2D eigenvalue weighted by Crippen LogP contribution is -2.35. The first-order chi connectivity index (χ1) is 9.05. The van der Waals surface area contributed by atoms with Crippen LogP contribution in [0.4, 0.5) is 0 Å². The number of benzene rings is 1. The summed E-state index contributed by atoms with van der Waals surface area (Å²) in [5.74, 6) is -0.212. The molecule has 0 spiro atoms. The molecule has 104 valence electrons. The topological polar surface area (TPSA) is 81.4 Å². The second-order valence-corrected chi connectivity index (χ2v) is 6.12. The molecular weight excluding hydrogens is 264 g/mol. The smallest absolute Gasteiger partial charge is 0.218 e. The first-order valence-electron chi connectivity index (χ1n) is 6.11. The zero-order valence-electron chi connectivity index (χ0n) is 10.9. The molecule has 6 heteroatoms. The molecule has 0 unspecified atom stereocenters. The number of aliphatic hydroxyl groups excluding tert-OH is 1. The molecule has 0 bridgehead atoms. The first kappa shape index (κ1) is 15.6. The summed E-state index contributed by atoms with van der Waals surface area (Å²) in [6.07, 6.45) is 0.680. The SMILES string of the molecule is CCCN(CCO)S(=O)(=O)Cc1ccccc1C#N. The summed E-state index contributed by atoms with van der Waals surface area (Å²) in [6, 6.07) is 8.64. The number of aliphatic hydroxyl groups is 1. The van der Waals surface area contributed by atoms with Crippen molar-refractivity contribution in [1.82, 2.24) is 4.31 Å². The Morgan fingerprint density at radius 1 is 1.32 bits per heavy atom. The van der Waals surface area contributed by atoms with Gasteiger partial charge in [0.05, 0.1) is 24.0 Å². The van der Waals surface area contributed by atoms with Crippen LogP contribution >= 0.6 is 0 Å². The zero-order valence-corrected chi connectivity index (χ0v) is 11.7. The van der Waals surface area contributed by atoms with Gasteiger partial charge in [-0.15, -0.1) is 0 Å². The molecule has 0 aromatic heterocycles. The Labute approximate surface area is 114 Å². The number of nitrogens with zero attached hydrogens (tertiary/aromatic N) is 2. The van der Waals surface area contributed by atoms with Gasteiger partial charge in [-0.1, -0.05) is 25.1 Å². The molecule has 0 fully saturated rings. The standard InChI is InChI=1S/C13H18N2O3S/c1-2-7-15(8-9-16)19(17,18)11-13-6-4-3-5-12(13)10-14/h3-6,16H,2,7-9,11H2,1H3. The van der Waals surface area contributed by atoms with Gasteiger partial charge in [-0.3, -0.25) is 0 Å². The molecule has 0 atom stereocenters. The van der Waals surface area contributed by atoms with Crippen molar-refractivity contribution in [3.63, 3.8) is 0 Å². The normalized spacial score (nSPS) is 11.5. The van der Waals surface area contributed by atoms with Crippen LogP contribution < -0.4 is 0 Å². The summed E-state index contributed by atoms with van der Waals surface area (Å²) in [4.78, 5) is 0. The van der Waals surface area contributed by atoms with Crippen LogP contribution in [0.15, 0.2) is 24.3 Å². The van der Waals surface area contributed by atoms with E-state index in [9.17, 15) is 8.42 Å². The summed E-state index contributed by atoms with van der Waals surface area (Å²) in [5.41, 5.74) is 0.857. The fourth-order valence-electron chi connectivity index (χ4n) is 1.79. The average Bonchev–Trinajstić information content (AvgIpc) is 2.38. The molecule has 1 aromatic carbocycles. The van der Waals surface area contributed by atoms with E-state index in [2.05, 4.69) is 0 Å². The van der Waals surface area contributed by atoms with Crippen molar-refractivity contribution in [1.29, 1.82) is 5.26 Å². The highest BCUT2D eigenvalue weighted by atomic mass is 32.2. The van der Waals surface area contributed by atoms with Gasteiger partial charge in [0.15, 0.2) is 0 Å². The van der Waals surface area contributed by atoms with Gasteiger partial charge in [0.1, 0.15) is 0 Å². The van der Waals surface area contributed by atoms with Crippen LogP contribution in [0.3, 0.4) is 0 Å². The highest BCUT2D eigenvalue weighted by molar-refractivity contribution is 7.88. The first-order valence-corrected chi connectivity index (χ1v) is 7.72. The maximum Gasteiger partial charge on any atom is 0.218 e. The molecule has 0 aliphatic rings. The van der Waals surface area contributed by atoms with Gasteiger partial charge in [0.2, 0.25) is 10.0 Å². The van der Waals surface area contributed by atoms with Crippen LogP contribution in [-0.4, -0.2) is 37.5 Å². The summed E-state index contributed by atoms with van der Waals surface area (Å²) >= 11 is 0. The molecule has 0 amide bonds. The quantitative estimate of drug-likeness (QED) is 0.811. The number of sulfonamides is 1. The molecule has 5 nitrogen and oxygen atoms in total. The molecular formula is C13H18N2O3S. The molecule has 19 heavy (non-hydrogen) atoms. The number of hydrogen-bond donors (Lipinski definition) is 1. The lowest BCUT2D eigenvalue weighted by Gasteiger charge is -2.20. The van der Waals surface area contributed by atoms with Crippen LogP contribution in [0.5, 0.6) is 0 Å². The summed E-state index contributed by atoms with van der Waals surface area (Å²) < 4.78 is 25.8. The van der Waals surface area contributed by atoms with Crippen molar-refractivity contribution >= 4 is 10.0 Å². The number of nitriles is 1. The molecule has 0 radical (unpaired) electrons. The number of rotatable bonds is 7. The van der Waals surface area contributed by atoms with Crippen molar-refractivity contribution < 1.29 is 13.5 Å². The van der Waals surface area contributed by atoms with E-state index in [1.54, 1.807) is 24.3 Å². The van der Waals surface area contributed by atoms with E-state index in [-0.39, 0.29) is 18.9 Å². The Morgan fingerprint density at radius 2 is 2.00 bits per heavy atom. The van der Waals surface area contributed by atoms with E-state index in [4.69, 9.17) is 10.4 Å². The highest BCUT2D eigenvalue weighted by Crippen LogP contribution is 2.15. The van der Waals surface area contributed by atoms with E-state index in [1.165, 1.54) is 4.31 Å². The minimum Gasteiger partial charge on any atom is -0.395 e. The van der Waals surface area contributed by atoms with E-state index in [1.807, 2.05) is 13.0 Å². The van der Waals surface area contributed by atoms with E-state index in [0.29, 0.717) is 24.1 Å². The third-order valence-electron chi connectivity index (χ3n) is 2.69. The van der Waals surface area contributed by atoms with Gasteiger partial charge in [-0.2, -0.15) is 9.57 Å². The molecule has 0 aliphatic heterocycles. The Bertz CT molecular complexity index is 543. The van der Waals surface area contributed by atoms with Gasteiger partial charge >= 0.3 is 0 Å². The summed E-state index contributed by atoms with van der Waals surface area (Å²) in [6.45, 7) is 2.13. The Hall–Kier alpha value is -1.42. The van der Waals surface area contributed by atoms with Gasteiger partial charge in [0, 0.05) is 13.1 Å². The Morgan fingerprint density at radius 3 is 2.58 bits per heavy atom. The van der Waals surface area contributed by atoms with Crippen molar-refractivity contribution in [3.05, 3.63) is 35.4 Å². The molecule has 1 rings (SSSR count). The van der Waals surface area contributed by atoms with Gasteiger partial charge < -0.3 is 5.11 Å². The van der Waals surface area contributed by atoms with E-state index >= 15 is 0 Å². The van der Waals surface area contributed by atoms with Gasteiger partial charge in [0.25, 0.3) is 0 Å². The summed E-state index contributed by atoms with van der Waals surface area (Å²) in [7, 11) is -3.51. The maximum atomic E-state index is 12.3. The maximum absolute atomic E-state index is 12.3. The fraction of sp³-hybridized carbons (Fsp3) is 0.462. The van der Waals surface area contributed by atoms with Crippen LogP contribution in [0, 0.1) is 11.3 Å². The van der Waals surface area contributed by atoms with Crippen molar-refractivity contribution in [2.75, 3.05) is 19.7 Å². The molecule has 0 saturated carbocycles. The lowest BCUT2D eigenvalue weighted by atomic mass is 10.1. The predicted octanol–water partition coefficient (Wildman–Crippen LogP) is 1.09. The van der Waals surface area contributed by atoms with Crippen molar-refractivity contribution in [2.24, 2.45) is 0 Å². The Balaban J connectivity index is 2.98. The monoisotopic (exact) mass is 282 g/mol. The number of hydrogen-bond acceptors (Lipinski definition) is 4. The van der Waals surface area contributed by atoms with E-state index in [0.717, 1.165) is 0 Å². The largest absolute Gasteiger partial charge is 0.395 e. The Kier molecular flexibility index (Phi) is 5.96. The lowest BCUT2D eigenvalue weighted by molar-refractivity contribution is 0.253. The highest BCUT2D eigenvalue weighted by Gasteiger charge is 2.22. The minimum atomic E-state index is -3.51. The third kappa shape index (κ3) is 4.31. The zero-order chi connectivity index (χ0) is 14.3. The van der Waals surface area contributed by atoms with Gasteiger partial charge in [-0.05, 0) is 18.1 Å². The van der Waals surface area contributed by atoms with Crippen molar-refractivity contribution in [3.8, 4) is 6.07 Å². The molecule has 1 N–H and O–H groups in total. The molecule has 1 aromatic rings.